The molecule has 1 fully saturated rings. The summed E-state index contributed by atoms with van der Waals surface area (Å²) in [5.74, 6) is -0.553. The van der Waals surface area contributed by atoms with Crippen LogP contribution in [-0.2, 0) is 24.8 Å². The summed E-state index contributed by atoms with van der Waals surface area (Å²) in [4.78, 5) is 11.8. The van der Waals surface area contributed by atoms with Crippen molar-refractivity contribution in [1.82, 2.24) is 8.61 Å². The molecule has 1 aliphatic rings. The number of ether oxygens (including phenoxy) is 1. The van der Waals surface area contributed by atoms with Crippen LogP contribution in [-0.4, -0.2) is 64.7 Å². The highest BCUT2D eigenvalue weighted by molar-refractivity contribution is 7.89. The number of rotatable bonds is 5. The Morgan fingerprint density at radius 2 is 1.43 bits per heavy atom. The Labute approximate surface area is 181 Å². The van der Waals surface area contributed by atoms with Crippen molar-refractivity contribution in [3.05, 3.63) is 58.6 Å². The largest absolute Gasteiger partial charge is 0.465 e. The summed E-state index contributed by atoms with van der Waals surface area (Å²) >= 11 is 5.82. The van der Waals surface area contributed by atoms with Gasteiger partial charge in [0.2, 0.25) is 20.0 Å². The van der Waals surface area contributed by atoms with Crippen LogP contribution < -0.4 is 0 Å². The monoisotopic (exact) mass is 472 g/mol. The van der Waals surface area contributed by atoms with Crippen molar-refractivity contribution in [2.75, 3.05) is 33.3 Å². The lowest BCUT2D eigenvalue weighted by molar-refractivity contribution is 0.0600. The van der Waals surface area contributed by atoms with Gasteiger partial charge in [0.1, 0.15) is 0 Å². The van der Waals surface area contributed by atoms with Crippen molar-refractivity contribution in [1.29, 1.82) is 0 Å². The van der Waals surface area contributed by atoms with Gasteiger partial charge in [0.05, 0.1) is 22.5 Å². The molecule has 1 saturated heterocycles. The predicted octanol–water partition coefficient (Wildman–Crippen LogP) is 2.13. The molecular weight excluding hydrogens is 452 g/mol. The normalized spacial score (nSPS) is 16.4. The Kier molecular flexibility index (Phi) is 6.54. The topological polar surface area (TPSA) is 101 Å². The molecule has 0 spiro atoms. The van der Waals surface area contributed by atoms with Gasteiger partial charge in [-0.3, -0.25) is 0 Å². The van der Waals surface area contributed by atoms with E-state index in [-0.39, 0.29) is 41.5 Å². The summed E-state index contributed by atoms with van der Waals surface area (Å²) in [5, 5.41) is 0.429. The molecule has 0 radical (unpaired) electrons. The summed E-state index contributed by atoms with van der Waals surface area (Å²) in [6.45, 7) is 1.70. The summed E-state index contributed by atoms with van der Waals surface area (Å²) in [6.07, 6.45) is 0. The summed E-state index contributed by atoms with van der Waals surface area (Å²) in [7, 11) is -6.33. The van der Waals surface area contributed by atoms with E-state index in [0.717, 1.165) is 0 Å². The molecule has 162 valence electrons. The van der Waals surface area contributed by atoms with E-state index in [1.165, 1.54) is 58.2 Å². The van der Waals surface area contributed by atoms with Crippen LogP contribution in [0, 0.1) is 6.92 Å². The van der Waals surface area contributed by atoms with Gasteiger partial charge in [-0.2, -0.15) is 8.61 Å². The number of piperazine rings is 1. The van der Waals surface area contributed by atoms with Crippen LogP contribution >= 0.6 is 11.6 Å². The van der Waals surface area contributed by atoms with Crippen molar-refractivity contribution in [2.24, 2.45) is 0 Å². The lowest BCUT2D eigenvalue weighted by atomic mass is 10.1. The molecular formula is C19H21ClN2O6S2. The fourth-order valence-corrected chi connectivity index (χ4v) is 6.41. The van der Waals surface area contributed by atoms with Crippen LogP contribution in [0.2, 0.25) is 5.02 Å². The zero-order valence-electron chi connectivity index (χ0n) is 16.4. The molecule has 30 heavy (non-hydrogen) atoms. The molecule has 11 heteroatoms. The number of methoxy groups -OCH3 is 1. The Bertz CT molecular complexity index is 1160. The van der Waals surface area contributed by atoms with E-state index in [4.69, 9.17) is 11.6 Å². The van der Waals surface area contributed by atoms with E-state index in [1.807, 2.05) is 0 Å². The second kappa shape index (κ2) is 8.64. The van der Waals surface area contributed by atoms with E-state index >= 15 is 0 Å². The molecule has 0 bridgehead atoms. The van der Waals surface area contributed by atoms with Crippen molar-refractivity contribution in [2.45, 2.75) is 16.7 Å². The molecule has 0 amide bonds. The Hall–Kier alpha value is -1.98. The molecule has 3 rings (SSSR count). The quantitative estimate of drug-likeness (QED) is 0.618. The molecule has 0 unspecified atom stereocenters. The minimum Gasteiger partial charge on any atom is -0.465 e. The summed E-state index contributed by atoms with van der Waals surface area (Å²) in [6, 6.07) is 10.1. The zero-order valence-corrected chi connectivity index (χ0v) is 18.8. The van der Waals surface area contributed by atoms with Gasteiger partial charge in [-0.25, -0.2) is 21.6 Å². The second-order valence-electron chi connectivity index (χ2n) is 6.73. The molecule has 0 aromatic heterocycles. The summed E-state index contributed by atoms with van der Waals surface area (Å²) < 4.78 is 58.8. The predicted molar refractivity (Wildman–Crippen MR) is 111 cm³/mol. The molecule has 1 heterocycles. The van der Waals surface area contributed by atoms with Crippen LogP contribution in [0.1, 0.15) is 15.9 Å². The summed E-state index contributed by atoms with van der Waals surface area (Å²) in [5.41, 5.74) is 0.668. The number of esters is 1. The molecule has 2 aromatic rings. The number of hydrogen-bond acceptors (Lipinski definition) is 6. The number of benzene rings is 2. The number of carbonyl (C=O) groups excluding carboxylic acids is 1. The number of halogens is 1. The molecule has 2 aromatic carbocycles. The van der Waals surface area contributed by atoms with Gasteiger partial charge in [-0.05, 0) is 55.0 Å². The van der Waals surface area contributed by atoms with Gasteiger partial charge in [0.25, 0.3) is 0 Å². The van der Waals surface area contributed by atoms with Gasteiger partial charge < -0.3 is 4.74 Å². The van der Waals surface area contributed by atoms with Crippen LogP contribution in [0.25, 0.3) is 0 Å². The van der Waals surface area contributed by atoms with Crippen LogP contribution in [0.3, 0.4) is 0 Å². The van der Waals surface area contributed by atoms with Crippen LogP contribution in [0.15, 0.2) is 52.3 Å². The van der Waals surface area contributed by atoms with E-state index in [0.29, 0.717) is 10.6 Å². The Morgan fingerprint density at radius 3 is 1.93 bits per heavy atom. The fourth-order valence-electron chi connectivity index (χ4n) is 3.23. The van der Waals surface area contributed by atoms with Gasteiger partial charge >= 0.3 is 5.97 Å². The standard InChI is InChI=1S/C19H21ClN2O6S2/c1-14-13-15(19(23)28-2)3-8-18(14)30(26,27)22-11-9-21(10-12-22)29(24,25)17-6-4-16(20)5-7-17/h3-8,13H,9-12H2,1-2H3. The third-order valence-electron chi connectivity index (χ3n) is 4.86. The van der Waals surface area contributed by atoms with E-state index in [1.54, 1.807) is 6.92 Å². The lowest BCUT2D eigenvalue weighted by Crippen LogP contribution is -2.50. The van der Waals surface area contributed by atoms with Crippen molar-refractivity contribution in [3.8, 4) is 0 Å². The lowest BCUT2D eigenvalue weighted by Gasteiger charge is -2.33. The number of nitrogens with zero attached hydrogens (tertiary/aromatic N) is 2. The third kappa shape index (κ3) is 4.37. The molecule has 0 atom stereocenters. The van der Waals surface area contributed by atoms with Gasteiger partial charge in [0.15, 0.2) is 0 Å². The highest BCUT2D eigenvalue weighted by atomic mass is 35.5. The van der Waals surface area contributed by atoms with E-state index in [2.05, 4.69) is 4.74 Å². The van der Waals surface area contributed by atoms with Crippen molar-refractivity contribution >= 4 is 37.6 Å². The van der Waals surface area contributed by atoms with Crippen molar-refractivity contribution < 1.29 is 26.4 Å². The first-order valence-corrected chi connectivity index (χ1v) is 12.3. The van der Waals surface area contributed by atoms with Crippen molar-refractivity contribution in [3.63, 3.8) is 0 Å². The zero-order chi connectivity index (χ0) is 22.1. The number of hydrogen-bond donors (Lipinski definition) is 0. The molecule has 1 aliphatic heterocycles. The van der Waals surface area contributed by atoms with Crippen LogP contribution in [0.5, 0.6) is 0 Å². The molecule has 0 saturated carbocycles. The first-order chi connectivity index (χ1) is 14.1. The molecule has 0 N–H and O–H groups in total. The average Bonchev–Trinajstić information content (AvgIpc) is 2.73. The number of carbonyl (C=O) groups is 1. The smallest absolute Gasteiger partial charge is 0.337 e. The SMILES string of the molecule is COC(=O)c1ccc(S(=O)(=O)N2CCN(S(=O)(=O)c3ccc(Cl)cc3)CC2)c(C)c1. The Morgan fingerprint density at radius 1 is 0.900 bits per heavy atom. The number of aryl methyl sites for hydroxylation is 1. The first-order valence-electron chi connectivity index (χ1n) is 9.02. The maximum absolute atomic E-state index is 13.0. The fraction of sp³-hybridized carbons (Fsp3) is 0.316. The minimum atomic E-state index is -3.84. The third-order valence-corrected chi connectivity index (χ3v) is 9.09. The van der Waals surface area contributed by atoms with E-state index in [9.17, 15) is 21.6 Å². The van der Waals surface area contributed by atoms with Gasteiger partial charge in [-0.15, -0.1) is 0 Å². The minimum absolute atomic E-state index is 0.0212. The molecule has 0 aliphatic carbocycles. The highest BCUT2D eigenvalue weighted by Gasteiger charge is 2.34. The van der Waals surface area contributed by atoms with Gasteiger partial charge in [-0.1, -0.05) is 11.6 Å². The Balaban J connectivity index is 1.77. The molecule has 8 nitrogen and oxygen atoms in total. The number of sulfonamides is 2. The average molecular weight is 473 g/mol. The maximum Gasteiger partial charge on any atom is 0.337 e. The first kappa shape index (κ1) is 22.7. The van der Waals surface area contributed by atoms with Crippen LogP contribution in [0.4, 0.5) is 0 Å². The van der Waals surface area contributed by atoms with Gasteiger partial charge in [0, 0.05) is 31.2 Å². The van der Waals surface area contributed by atoms with E-state index < -0.39 is 26.0 Å². The maximum atomic E-state index is 13.0. The second-order valence-corrected chi connectivity index (χ2v) is 11.0. The highest BCUT2D eigenvalue weighted by Crippen LogP contribution is 2.25.